The quantitative estimate of drug-likeness (QED) is 0.217. The fourth-order valence-electron chi connectivity index (χ4n) is 2.98. The lowest BCUT2D eigenvalue weighted by Crippen LogP contribution is -2.58. The molecule has 0 fully saturated rings. The van der Waals surface area contributed by atoms with Crippen molar-refractivity contribution in [2.24, 2.45) is 17.4 Å². The maximum absolute atomic E-state index is 13.0. The number of nitrogens with two attached hydrogens (primary N) is 2. The van der Waals surface area contributed by atoms with Crippen molar-refractivity contribution in [1.82, 2.24) is 16.0 Å². The van der Waals surface area contributed by atoms with E-state index in [0.717, 1.165) is 0 Å². The molecule has 4 amide bonds. The molecular weight excluding hydrogens is 430 g/mol. The van der Waals surface area contributed by atoms with Crippen LogP contribution in [0.4, 0.5) is 0 Å². The normalized spacial score (nSPS) is 15.3. The topological polar surface area (TPSA) is 194 Å². The summed E-state index contributed by atoms with van der Waals surface area (Å²) in [6.45, 7) is 4.89. The first-order chi connectivity index (χ1) is 15.5. The molecule has 0 aliphatic rings. The number of carbonyl (C=O) groups is 5. The third-order valence-corrected chi connectivity index (χ3v) is 5.14. The van der Waals surface area contributed by atoms with E-state index in [-0.39, 0.29) is 12.3 Å². The lowest BCUT2D eigenvalue weighted by molar-refractivity contribution is -0.144. The van der Waals surface area contributed by atoms with Crippen molar-refractivity contribution < 1.29 is 29.1 Å². The summed E-state index contributed by atoms with van der Waals surface area (Å²) in [5.41, 5.74) is 11.4. The fraction of sp³-hybridized carbons (Fsp3) is 0.500. The van der Waals surface area contributed by atoms with E-state index in [1.165, 1.54) is 6.92 Å². The van der Waals surface area contributed by atoms with E-state index >= 15 is 0 Å². The third-order valence-electron chi connectivity index (χ3n) is 5.14. The number of carbonyl (C=O) groups excluding carboxylic acids is 4. The van der Waals surface area contributed by atoms with E-state index in [1.807, 2.05) is 0 Å². The van der Waals surface area contributed by atoms with Crippen LogP contribution in [0.25, 0.3) is 0 Å². The minimum atomic E-state index is -1.35. The Morgan fingerprint density at radius 3 is 1.94 bits per heavy atom. The van der Waals surface area contributed by atoms with E-state index in [2.05, 4.69) is 16.0 Å². The largest absolute Gasteiger partial charge is 0.480 e. The Labute approximate surface area is 192 Å². The second kappa shape index (κ2) is 13.2. The van der Waals surface area contributed by atoms with Crippen molar-refractivity contribution in [3.63, 3.8) is 0 Å². The Balaban J connectivity index is 3.14. The molecule has 1 rings (SSSR count). The molecule has 11 heteroatoms. The van der Waals surface area contributed by atoms with E-state index in [0.29, 0.717) is 12.0 Å². The van der Waals surface area contributed by atoms with Crippen LogP contribution in [0, 0.1) is 5.92 Å². The molecule has 5 unspecified atom stereocenters. The van der Waals surface area contributed by atoms with Crippen LogP contribution in [0.5, 0.6) is 0 Å². The molecule has 1 aromatic rings. The number of hydrogen-bond acceptors (Lipinski definition) is 6. The number of carboxylic acid groups (broad SMARTS) is 1. The zero-order valence-corrected chi connectivity index (χ0v) is 19.0. The van der Waals surface area contributed by atoms with Gasteiger partial charge in [0.05, 0.1) is 12.5 Å². The van der Waals surface area contributed by atoms with Crippen LogP contribution in [0.2, 0.25) is 0 Å². The number of nitrogens with one attached hydrogen (secondary N) is 3. The summed E-state index contributed by atoms with van der Waals surface area (Å²) in [4.78, 5) is 60.9. The van der Waals surface area contributed by atoms with Crippen molar-refractivity contribution in [2.45, 2.75) is 64.2 Å². The molecule has 182 valence electrons. The fourth-order valence-corrected chi connectivity index (χ4v) is 2.98. The predicted molar refractivity (Wildman–Crippen MR) is 120 cm³/mol. The van der Waals surface area contributed by atoms with Crippen LogP contribution in [-0.2, 0) is 30.4 Å². The van der Waals surface area contributed by atoms with Crippen molar-refractivity contribution in [2.75, 3.05) is 0 Å². The Bertz CT molecular complexity index is 845. The second-order valence-corrected chi connectivity index (χ2v) is 7.98. The number of amides is 4. The molecule has 0 heterocycles. The lowest BCUT2D eigenvalue weighted by Gasteiger charge is -2.26. The first kappa shape index (κ1) is 27.6. The Morgan fingerprint density at radius 1 is 0.909 bits per heavy atom. The predicted octanol–water partition coefficient (Wildman–Crippen LogP) is -0.963. The molecule has 0 radical (unpaired) electrons. The Hall–Kier alpha value is -3.47. The van der Waals surface area contributed by atoms with Gasteiger partial charge in [0.1, 0.15) is 18.1 Å². The van der Waals surface area contributed by atoms with Crippen LogP contribution in [0.1, 0.15) is 39.2 Å². The standard InChI is InChI=1S/C22H33N5O6/c1-4-12(2)18(22(32)33)27-21(31)15(10-14-8-6-5-7-9-14)26-20(30)16(11-17(24)28)25-19(29)13(3)23/h5-9,12-13,15-16,18H,4,10-11,23H2,1-3H3,(H2,24,28)(H,25,29)(H,26,30)(H,27,31)(H,32,33). The minimum absolute atomic E-state index is 0.0514. The van der Waals surface area contributed by atoms with Gasteiger partial charge in [0.2, 0.25) is 23.6 Å². The molecule has 5 atom stereocenters. The zero-order valence-electron chi connectivity index (χ0n) is 19.0. The summed E-state index contributed by atoms with van der Waals surface area (Å²) < 4.78 is 0. The van der Waals surface area contributed by atoms with Gasteiger partial charge in [-0.05, 0) is 18.4 Å². The van der Waals surface area contributed by atoms with Crippen molar-refractivity contribution in [3.8, 4) is 0 Å². The van der Waals surface area contributed by atoms with Crippen LogP contribution in [0.15, 0.2) is 30.3 Å². The number of rotatable bonds is 13. The summed E-state index contributed by atoms with van der Waals surface area (Å²) in [6, 6.07) is 4.16. The maximum atomic E-state index is 13.0. The highest BCUT2D eigenvalue weighted by Crippen LogP contribution is 2.10. The van der Waals surface area contributed by atoms with Gasteiger partial charge in [0.15, 0.2) is 0 Å². The van der Waals surface area contributed by atoms with Crippen molar-refractivity contribution >= 4 is 29.6 Å². The molecule has 0 saturated heterocycles. The molecule has 0 aromatic heterocycles. The molecular formula is C22H33N5O6. The summed E-state index contributed by atoms with van der Waals surface area (Å²) in [5.74, 6) is -4.61. The van der Waals surface area contributed by atoms with Crippen LogP contribution >= 0.6 is 0 Å². The number of aliphatic carboxylic acids is 1. The smallest absolute Gasteiger partial charge is 0.326 e. The van der Waals surface area contributed by atoms with Gasteiger partial charge in [-0.15, -0.1) is 0 Å². The average molecular weight is 464 g/mol. The molecule has 33 heavy (non-hydrogen) atoms. The van der Waals surface area contributed by atoms with Gasteiger partial charge in [-0.25, -0.2) is 4.79 Å². The van der Waals surface area contributed by atoms with Crippen LogP contribution < -0.4 is 27.4 Å². The van der Waals surface area contributed by atoms with E-state index < -0.39 is 60.2 Å². The number of carboxylic acids is 1. The molecule has 0 aliphatic heterocycles. The van der Waals surface area contributed by atoms with Gasteiger partial charge in [0.25, 0.3) is 0 Å². The summed E-state index contributed by atoms with van der Waals surface area (Å²) in [5, 5.41) is 16.8. The first-order valence-electron chi connectivity index (χ1n) is 10.7. The van der Waals surface area contributed by atoms with Gasteiger partial charge in [-0.1, -0.05) is 50.6 Å². The van der Waals surface area contributed by atoms with Gasteiger partial charge in [-0.2, -0.15) is 0 Å². The minimum Gasteiger partial charge on any atom is -0.480 e. The van der Waals surface area contributed by atoms with Gasteiger partial charge in [-0.3, -0.25) is 19.2 Å². The number of benzene rings is 1. The Kier molecular flexibility index (Phi) is 11.0. The molecule has 0 aliphatic carbocycles. The highest BCUT2D eigenvalue weighted by molar-refractivity contribution is 5.96. The number of primary amides is 1. The summed E-state index contributed by atoms with van der Waals surface area (Å²) in [7, 11) is 0. The van der Waals surface area contributed by atoms with Crippen LogP contribution in [0.3, 0.4) is 0 Å². The Morgan fingerprint density at radius 2 is 1.45 bits per heavy atom. The van der Waals surface area contributed by atoms with Crippen molar-refractivity contribution in [1.29, 1.82) is 0 Å². The summed E-state index contributed by atoms with van der Waals surface area (Å²) in [6.07, 6.45) is 0.0569. The summed E-state index contributed by atoms with van der Waals surface area (Å²) >= 11 is 0. The second-order valence-electron chi connectivity index (χ2n) is 7.98. The maximum Gasteiger partial charge on any atom is 0.326 e. The number of hydrogen-bond donors (Lipinski definition) is 6. The SMILES string of the molecule is CCC(C)C(NC(=O)C(Cc1ccccc1)NC(=O)C(CC(N)=O)NC(=O)C(C)N)C(=O)O. The first-order valence-corrected chi connectivity index (χ1v) is 10.7. The van der Waals surface area contributed by atoms with E-state index in [4.69, 9.17) is 11.5 Å². The molecule has 11 nitrogen and oxygen atoms in total. The zero-order chi connectivity index (χ0) is 25.1. The van der Waals surface area contributed by atoms with Crippen LogP contribution in [-0.4, -0.2) is 58.9 Å². The molecule has 0 saturated carbocycles. The van der Waals surface area contributed by atoms with E-state index in [1.54, 1.807) is 44.2 Å². The van der Waals surface area contributed by atoms with Gasteiger partial charge < -0.3 is 32.5 Å². The van der Waals surface area contributed by atoms with Crippen molar-refractivity contribution in [3.05, 3.63) is 35.9 Å². The highest BCUT2D eigenvalue weighted by atomic mass is 16.4. The molecule has 0 spiro atoms. The monoisotopic (exact) mass is 463 g/mol. The average Bonchev–Trinajstić information content (AvgIpc) is 2.75. The molecule has 1 aromatic carbocycles. The highest BCUT2D eigenvalue weighted by Gasteiger charge is 2.32. The third kappa shape index (κ3) is 9.27. The van der Waals surface area contributed by atoms with E-state index in [9.17, 15) is 29.1 Å². The van der Waals surface area contributed by atoms with Gasteiger partial charge in [0, 0.05) is 6.42 Å². The molecule has 0 bridgehead atoms. The molecule has 8 N–H and O–H groups in total. The lowest BCUT2D eigenvalue weighted by atomic mass is 9.98. The van der Waals surface area contributed by atoms with Gasteiger partial charge >= 0.3 is 5.97 Å².